The van der Waals surface area contributed by atoms with Crippen LogP contribution in [0, 0.1) is 18.6 Å². The van der Waals surface area contributed by atoms with Crippen LogP contribution in [0.25, 0.3) is 0 Å². The Morgan fingerprint density at radius 1 is 1.41 bits per heavy atom. The van der Waals surface area contributed by atoms with Crippen molar-refractivity contribution < 1.29 is 8.78 Å². The summed E-state index contributed by atoms with van der Waals surface area (Å²) in [4.78, 5) is 4.15. The van der Waals surface area contributed by atoms with Crippen molar-refractivity contribution in [1.29, 1.82) is 0 Å². The van der Waals surface area contributed by atoms with E-state index in [2.05, 4.69) is 15.5 Å². The highest BCUT2D eigenvalue weighted by Crippen LogP contribution is 2.14. The van der Waals surface area contributed by atoms with Crippen LogP contribution in [0.15, 0.2) is 28.7 Å². The van der Waals surface area contributed by atoms with Crippen LogP contribution >= 0.6 is 11.3 Å². The monoisotopic (exact) mass is 253 g/mol. The van der Waals surface area contributed by atoms with Gasteiger partial charge in [-0.25, -0.2) is 13.8 Å². The number of aryl methyl sites for hydroxylation is 1. The van der Waals surface area contributed by atoms with Gasteiger partial charge in [-0.1, -0.05) is 0 Å². The summed E-state index contributed by atoms with van der Waals surface area (Å²) in [5.74, 6) is -1.30. The predicted molar refractivity (Wildman–Crippen MR) is 64.4 cm³/mol. The Labute approximate surface area is 101 Å². The highest BCUT2D eigenvalue weighted by Gasteiger charge is 2.01. The molecule has 6 heteroatoms. The molecule has 2 aromatic rings. The van der Waals surface area contributed by atoms with Gasteiger partial charge in [-0.2, -0.15) is 5.10 Å². The molecule has 0 saturated heterocycles. The highest BCUT2D eigenvalue weighted by atomic mass is 32.1. The van der Waals surface area contributed by atoms with Crippen LogP contribution in [-0.2, 0) is 0 Å². The first-order valence-electron chi connectivity index (χ1n) is 4.81. The smallest absolute Gasteiger partial charge is 0.151 e. The quantitative estimate of drug-likeness (QED) is 0.673. The van der Waals surface area contributed by atoms with Gasteiger partial charge in [0.2, 0.25) is 0 Å². The maximum atomic E-state index is 13.2. The number of hydrazone groups is 1. The number of rotatable bonds is 3. The Morgan fingerprint density at radius 2 is 2.24 bits per heavy atom. The molecule has 0 aliphatic rings. The minimum atomic E-state index is -0.684. The number of nitrogens with one attached hydrogen (secondary N) is 1. The fourth-order valence-electron chi connectivity index (χ4n) is 1.19. The van der Waals surface area contributed by atoms with Crippen molar-refractivity contribution in [2.45, 2.75) is 6.92 Å². The van der Waals surface area contributed by atoms with E-state index in [1.54, 1.807) is 0 Å². The Bertz CT molecular complexity index is 551. The standard InChI is InChI=1S/C11H9F2N3S/c1-7-15-9(6-17-7)5-14-16-11-3-2-8(12)4-10(11)13/h2-6,16H,1H3/b14-5-. The summed E-state index contributed by atoms with van der Waals surface area (Å²) in [6.07, 6.45) is 1.48. The fourth-order valence-corrected chi connectivity index (χ4v) is 1.75. The molecule has 1 aromatic heterocycles. The number of nitrogens with zero attached hydrogens (tertiary/aromatic N) is 2. The molecule has 0 aliphatic heterocycles. The van der Waals surface area contributed by atoms with Gasteiger partial charge >= 0.3 is 0 Å². The van der Waals surface area contributed by atoms with Gasteiger partial charge < -0.3 is 0 Å². The van der Waals surface area contributed by atoms with Crippen LogP contribution in [0.1, 0.15) is 10.7 Å². The fraction of sp³-hybridized carbons (Fsp3) is 0.0909. The maximum Gasteiger partial charge on any atom is 0.151 e. The zero-order valence-corrected chi connectivity index (χ0v) is 9.76. The molecule has 0 bridgehead atoms. The van der Waals surface area contributed by atoms with E-state index >= 15 is 0 Å². The largest absolute Gasteiger partial charge is 0.275 e. The topological polar surface area (TPSA) is 37.3 Å². The van der Waals surface area contributed by atoms with Gasteiger partial charge in [0.15, 0.2) is 5.82 Å². The minimum Gasteiger partial charge on any atom is -0.275 e. The van der Waals surface area contributed by atoms with E-state index in [0.717, 1.165) is 17.1 Å². The lowest BCUT2D eigenvalue weighted by Gasteiger charge is -2.00. The molecule has 2 rings (SSSR count). The average Bonchev–Trinajstić information content (AvgIpc) is 2.68. The van der Waals surface area contributed by atoms with Gasteiger partial charge in [-0.15, -0.1) is 11.3 Å². The van der Waals surface area contributed by atoms with E-state index in [-0.39, 0.29) is 5.69 Å². The van der Waals surface area contributed by atoms with Crippen LogP contribution in [0.2, 0.25) is 0 Å². The van der Waals surface area contributed by atoms with Gasteiger partial charge in [-0.3, -0.25) is 5.43 Å². The molecular weight excluding hydrogens is 244 g/mol. The van der Waals surface area contributed by atoms with Crippen molar-refractivity contribution in [2.24, 2.45) is 5.10 Å². The number of benzene rings is 1. The summed E-state index contributed by atoms with van der Waals surface area (Å²) in [7, 11) is 0. The van der Waals surface area contributed by atoms with E-state index in [1.807, 2.05) is 12.3 Å². The number of aromatic nitrogens is 1. The zero-order valence-electron chi connectivity index (χ0n) is 8.95. The highest BCUT2D eigenvalue weighted by molar-refractivity contribution is 7.09. The van der Waals surface area contributed by atoms with E-state index in [1.165, 1.54) is 23.6 Å². The van der Waals surface area contributed by atoms with Crippen molar-refractivity contribution >= 4 is 23.2 Å². The van der Waals surface area contributed by atoms with Crippen LogP contribution in [-0.4, -0.2) is 11.2 Å². The lowest BCUT2D eigenvalue weighted by atomic mass is 10.3. The van der Waals surface area contributed by atoms with Crippen LogP contribution in [0.4, 0.5) is 14.5 Å². The van der Waals surface area contributed by atoms with Crippen molar-refractivity contribution in [1.82, 2.24) is 4.98 Å². The zero-order chi connectivity index (χ0) is 12.3. The molecule has 0 radical (unpaired) electrons. The molecule has 0 aliphatic carbocycles. The van der Waals surface area contributed by atoms with Crippen molar-refractivity contribution in [3.63, 3.8) is 0 Å². The van der Waals surface area contributed by atoms with Gasteiger partial charge in [0.05, 0.1) is 22.6 Å². The van der Waals surface area contributed by atoms with Gasteiger partial charge in [0.1, 0.15) is 5.82 Å². The third kappa shape index (κ3) is 3.07. The predicted octanol–water partition coefficient (Wildman–Crippen LogP) is 3.18. The normalized spacial score (nSPS) is 11.0. The van der Waals surface area contributed by atoms with Crippen LogP contribution in [0.3, 0.4) is 0 Å². The second kappa shape index (κ2) is 5.01. The first-order valence-corrected chi connectivity index (χ1v) is 5.69. The van der Waals surface area contributed by atoms with Gasteiger partial charge in [0, 0.05) is 11.4 Å². The van der Waals surface area contributed by atoms with Crippen molar-refractivity contribution in [2.75, 3.05) is 5.43 Å². The third-order valence-corrected chi connectivity index (χ3v) is 2.74. The molecule has 0 amide bonds. The molecule has 0 atom stereocenters. The van der Waals surface area contributed by atoms with Gasteiger partial charge in [-0.05, 0) is 19.1 Å². The molecule has 88 valence electrons. The Morgan fingerprint density at radius 3 is 2.88 bits per heavy atom. The average molecular weight is 253 g/mol. The molecule has 0 unspecified atom stereocenters. The minimum absolute atomic E-state index is 0.120. The Balaban J connectivity index is 2.04. The number of anilines is 1. The summed E-state index contributed by atoms with van der Waals surface area (Å²) in [5, 5.41) is 6.59. The van der Waals surface area contributed by atoms with E-state index < -0.39 is 11.6 Å². The lowest BCUT2D eigenvalue weighted by molar-refractivity contribution is 0.585. The van der Waals surface area contributed by atoms with E-state index in [9.17, 15) is 8.78 Å². The molecule has 0 fully saturated rings. The SMILES string of the molecule is Cc1nc(/C=N\Nc2ccc(F)cc2F)cs1. The Hall–Kier alpha value is -1.82. The first-order chi connectivity index (χ1) is 8.15. The second-order valence-corrected chi connectivity index (χ2v) is 4.35. The summed E-state index contributed by atoms with van der Waals surface area (Å²) in [6.45, 7) is 1.88. The molecule has 1 heterocycles. The number of hydrogen-bond acceptors (Lipinski definition) is 4. The maximum absolute atomic E-state index is 13.2. The van der Waals surface area contributed by atoms with Crippen LogP contribution in [0.5, 0.6) is 0 Å². The summed E-state index contributed by atoms with van der Waals surface area (Å²) >= 11 is 1.50. The van der Waals surface area contributed by atoms with Gasteiger partial charge in [0.25, 0.3) is 0 Å². The lowest BCUT2D eigenvalue weighted by Crippen LogP contribution is -1.94. The van der Waals surface area contributed by atoms with Crippen LogP contribution < -0.4 is 5.43 Å². The molecule has 1 N–H and O–H groups in total. The molecule has 0 saturated carbocycles. The number of halogens is 2. The molecule has 17 heavy (non-hydrogen) atoms. The van der Waals surface area contributed by atoms with E-state index in [0.29, 0.717) is 5.69 Å². The number of hydrogen-bond donors (Lipinski definition) is 1. The summed E-state index contributed by atoms with van der Waals surface area (Å²) in [5.41, 5.74) is 3.31. The number of thiazole rings is 1. The Kier molecular flexibility index (Phi) is 3.43. The third-order valence-electron chi connectivity index (χ3n) is 1.95. The second-order valence-electron chi connectivity index (χ2n) is 3.29. The van der Waals surface area contributed by atoms with E-state index in [4.69, 9.17) is 0 Å². The summed E-state index contributed by atoms with van der Waals surface area (Å²) < 4.78 is 25.8. The summed E-state index contributed by atoms with van der Waals surface area (Å²) in [6, 6.07) is 3.24. The molecule has 3 nitrogen and oxygen atoms in total. The first kappa shape index (κ1) is 11.7. The van der Waals surface area contributed by atoms with Crippen molar-refractivity contribution in [3.05, 3.63) is 45.9 Å². The molecule has 0 spiro atoms. The molecular formula is C11H9F2N3S. The van der Waals surface area contributed by atoms with Crippen molar-refractivity contribution in [3.8, 4) is 0 Å². The molecule has 1 aromatic carbocycles.